The van der Waals surface area contributed by atoms with Gasteiger partial charge in [-0.15, -0.1) is 0 Å². The lowest BCUT2D eigenvalue weighted by Crippen LogP contribution is -2.39. The second kappa shape index (κ2) is 3.73. The molecule has 0 radical (unpaired) electrons. The smallest absolute Gasteiger partial charge is 0.171 e. The Labute approximate surface area is 89.3 Å². The van der Waals surface area contributed by atoms with Gasteiger partial charge in [0.25, 0.3) is 0 Å². The molecule has 5 nitrogen and oxygen atoms in total. The number of anilines is 2. The summed E-state index contributed by atoms with van der Waals surface area (Å²) in [4.78, 5) is 0. The largest absolute Gasteiger partial charge is 0.394 e. The summed E-state index contributed by atoms with van der Waals surface area (Å²) in [5.41, 5.74) is 6.24. The molecular formula is C10H18N4O. The van der Waals surface area contributed by atoms with Gasteiger partial charge in [0.1, 0.15) is 0 Å². The Bertz CT molecular complexity index is 341. The van der Waals surface area contributed by atoms with E-state index in [0.717, 1.165) is 25.7 Å². The van der Waals surface area contributed by atoms with Crippen molar-refractivity contribution in [3.63, 3.8) is 0 Å². The number of nitrogens with one attached hydrogen (secondary N) is 1. The van der Waals surface area contributed by atoms with Crippen LogP contribution in [0.25, 0.3) is 0 Å². The van der Waals surface area contributed by atoms with Crippen LogP contribution in [0.5, 0.6) is 0 Å². The Hall–Kier alpha value is -1.23. The van der Waals surface area contributed by atoms with Crippen LogP contribution < -0.4 is 11.1 Å². The van der Waals surface area contributed by atoms with Gasteiger partial charge >= 0.3 is 0 Å². The molecule has 15 heavy (non-hydrogen) atoms. The number of hydrogen-bond acceptors (Lipinski definition) is 4. The van der Waals surface area contributed by atoms with Crippen LogP contribution in [0.15, 0.2) is 6.20 Å². The summed E-state index contributed by atoms with van der Waals surface area (Å²) < 4.78 is 1.68. The fourth-order valence-corrected chi connectivity index (χ4v) is 2.23. The van der Waals surface area contributed by atoms with E-state index in [9.17, 15) is 5.11 Å². The van der Waals surface area contributed by atoms with Crippen LogP contribution in [0.1, 0.15) is 25.7 Å². The predicted octanol–water partition coefficient (Wildman–Crippen LogP) is 0.719. The average Bonchev–Trinajstić information content (AvgIpc) is 2.76. The van der Waals surface area contributed by atoms with E-state index in [-0.39, 0.29) is 12.1 Å². The molecule has 0 bridgehead atoms. The Morgan fingerprint density at radius 1 is 1.60 bits per heavy atom. The highest BCUT2D eigenvalue weighted by molar-refractivity contribution is 5.61. The van der Waals surface area contributed by atoms with Crippen LogP contribution in [0.4, 0.5) is 11.5 Å². The third-order valence-electron chi connectivity index (χ3n) is 3.10. The highest BCUT2D eigenvalue weighted by Gasteiger charge is 2.34. The van der Waals surface area contributed by atoms with E-state index >= 15 is 0 Å². The first-order valence-corrected chi connectivity index (χ1v) is 5.33. The molecule has 1 saturated carbocycles. The number of hydrogen-bond donors (Lipinski definition) is 3. The summed E-state index contributed by atoms with van der Waals surface area (Å²) in [6.07, 6.45) is 6.04. The molecule has 1 aromatic rings. The van der Waals surface area contributed by atoms with Crippen molar-refractivity contribution in [2.24, 2.45) is 7.05 Å². The molecule has 4 N–H and O–H groups in total. The number of aromatic nitrogens is 2. The molecule has 1 heterocycles. The van der Waals surface area contributed by atoms with E-state index in [1.54, 1.807) is 10.9 Å². The Morgan fingerprint density at radius 3 is 2.73 bits per heavy atom. The van der Waals surface area contributed by atoms with Gasteiger partial charge in [-0.25, -0.2) is 0 Å². The predicted molar refractivity (Wildman–Crippen MR) is 59.5 cm³/mol. The third-order valence-corrected chi connectivity index (χ3v) is 3.10. The van der Waals surface area contributed by atoms with Gasteiger partial charge in [0, 0.05) is 13.2 Å². The summed E-state index contributed by atoms with van der Waals surface area (Å²) >= 11 is 0. The van der Waals surface area contributed by atoms with Gasteiger partial charge in [0.05, 0.1) is 17.8 Å². The monoisotopic (exact) mass is 210 g/mol. The first kappa shape index (κ1) is 10.3. The topological polar surface area (TPSA) is 76.1 Å². The molecule has 0 aromatic carbocycles. The number of aliphatic hydroxyl groups excluding tert-OH is 1. The van der Waals surface area contributed by atoms with E-state index in [2.05, 4.69) is 10.4 Å². The second-order valence-electron chi connectivity index (χ2n) is 4.38. The number of aliphatic hydroxyl groups is 1. The number of aryl methyl sites for hydroxylation is 1. The van der Waals surface area contributed by atoms with Crippen molar-refractivity contribution < 1.29 is 5.11 Å². The van der Waals surface area contributed by atoms with Crippen molar-refractivity contribution in [2.45, 2.75) is 31.2 Å². The number of nitrogens with zero attached hydrogens (tertiary/aromatic N) is 2. The van der Waals surface area contributed by atoms with Crippen LogP contribution >= 0.6 is 0 Å². The van der Waals surface area contributed by atoms with Crippen LogP contribution in [-0.2, 0) is 7.05 Å². The van der Waals surface area contributed by atoms with E-state index in [1.807, 2.05) is 7.05 Å². The molecule has 1 aromatic heterocycles. The zero-order chi connectivity index (χ0) is 10.9. The van der Waals surface area contributed by atoms with Crippen LogP contribution in [-0.4, -0.2) is 27.0 Å². The SMILES string of the molecule is Cn1cc(N)c(NC2(CO)CCCC2)n1. The third kappa shape index (κ3) is 1.92. The normalized spacial score (nSPS) is 19.3. The quantitative estimate of drug-likeness (QED) is 0.687. The standard InChI is InChI=1S/C10H18N4O/c1-14-6-8(11)9(13-14)12-10(7-15)4-2-3-5-10/h6,15H,2-5,7,11H2,1H3,(H,12,13). The fraction of sp³-hybridized carbons (Fsp3) is 0.700. The maximum atomic E-state index is 9.44. The van der Waals surface area contributed by atoms with E-state index in [0.29, 0.717) is 11.5 Å². The molecule has 5 heteroatoms. The van der Waals surface area contributed by atoms with Crippen molar-refractivity contribution in [2.75, 3.05) is 17.7 Å². The summed E-state index contributed by atoms with van der Waals surface area (Å²) in [6, 6.07) is 0. The molecule has 0 atom stereocenters. The molecule has 84 valence electrons. The first-order chi connectivity index (χ1) is 7.15. The lowest BCUT2D eigenvalue weighted by atomic mass is 9.99. The van der Waals surface area contributed by atoms with Gasteiger partial charge in [-0.05, 0) is 12.8 Å². The maximum absolute atomic E-state index is 9.44. The number of nitrogen functional groups attached to an aromatic ring is 1. The molecule has 0 amide bonds. The van der Waals surface area contributed by atoms with E-state index in [1.165, 1.54) is 0 Å². The van der Waals surface area contributed by atoms with Crippen LogP contribution in [0.3, 0.4) is 0 Å². The molecule has 0 spiro atoms. The second-order valence-corrected chi connectivity index (χ2v) is 4.38. The van der Waals surface area contributed by atoms with Gasteiger partial charge in [-0.2, -0.15) is 5.10 Å². The number of rotatable bonds is 3. The lowest BCUT2D eigenvalue weighted by molar-refractivity contribution is 0.214. The van der Waals surface area contributed by atoms with E-state index < -0.39 is 0 Å². The minimum absolute atomic E-state index is 0.142. The minimum Gasteiger partial charge on any atom is -0.394 e. The molecule has 1 aliphatic carbocycles. The fourth-order valence-electron chi connectivity index (χ4n) is 2.23. The maximum Gasteiger partial charge on any atom is 0.171 e. The van der Waals surface area contributed by atoms with Gasteiger partial charge < -0.3 is 16.2 Å². The highest BCUT2D eigenvalue weighted by Crippen LogP contribution is 2.33. The summed E-state index contributed by atoms with van der Waals surface area (Å²) in [5.74, 6) is 0.688. The Morgan fingerprint density at radius 2 is 2.27 bits per heavy atom. The van der Waals surface area contributed by atoms with Crippen molar-refractivity contribution in [1.82, 2.24) is 9.78 Å². The van der Waals surface area contributed by atoms with Crippen molar-refractivity contribution in [3.8, 4) is 0 Å². The lowest BCUT2D eigenvalue weighted by Gasteiger charge is -2.28. The molecular weight excluding hydrogens is 192 g/mol. The van der Waals surface area contributed by atoms with Crippen molar-refractivity contribution >= 4 is 11.5 Å². The molecule has 2 rings (SSSR count). The Balaban J connectivity index is 2.16. The molecule has 0 aliphatic heterocycles. The zero-order valence-electron chi connectivity index (χ0n) is 9.03. The molecule has 0 unspecified atom stereocenters. The van der Waals surface area contributed by atoms with Gasteiger partial charge in [0.15, 0.2) is 5.82 Å². The Kier molecular flexibility index (Phi) is 2.56. The first-order valence-electron chi connectivity index (χ1n) is 5.33. The molecule has 0 saturated heterocycles. The summed E-state index contributed by atoms with van der Waals surface area (Å²) in [5, 5.41) is 17.0. The van der Waals surface area contributed by atoms with Crippen LogP contribution in [0.2, 0.25) is 0 Å². The minimum atomic E-state index is -0.206. The molecule has 1 aliphatic rings. The molecule has 1 fully saturated rings. The summed E-state index contributed by atoms with van der Waals surface area (Å²) in [7, 11) is 1.84. The van der Waals surface area contributed by atoms with Crippen molar-refractivity contribution in [3.05, 3.63) is 6.20 Å². The average molecular weight is 210 g/mol. The van der Waals surface area contributed by atoms with Gasteiger partial charge in [-0.3, -0.25) is 4.68 Å². The van der Waals surface area contributed by atoms with Crippen LogP contribution in [0, 0.1) is 0 Å². The number of nitrogens with two attached hydrogens (primary N) is 1. The van der Waals surface area contributed by atoms with Gasteiger partial charge in [0.2, 0.25) is 0 Å². The highest BCUT2D eigenvalue weighted by atomic mass is 16.3. The van der Waals surface area contributed by atoms with E-state index in [4.69, 9.17) is 5.73 Å². The van der Waals surface area contributed by atoms with Crippen molar-refractivity contribution in [1.29, 1.82) is 0 Å². The summed E-state index contributed by atoms with van der Waals surface area (Å²) in [6.45, 7) is 0.142. The zero-order valence-corrected chi connectivity index (χ0v) is 9.03. The van der Waals surface area contributed by atoms with Gasteiger partial charge in [-0.1, -0.05) is 12.8 Å².